The van der Waals surface area contributed by atoms with Crippen molar-refractivity contribution in [1.82, 2.24) is 10.9 Å². The zero-order valence-corrected chi connectivity index (χ0v) is 22.0. The fourth-order valence-electron chi connectivity index (χ4n) is 3.75. The second-order valence-corrected chi connectivity index (χ2v) is 9.77. The van der Waals surface area contributed by atoms with E-state index in [2.05, 4.69) is 10.9 Å². The van der Waals surface area contributed by atoms with E-state index in [1.54, 1.807) is 36.4 Å². The molecule has 2 aliphatic rings. The third-order valence-corrected chi connectivity index (χ3v) is 7.14. The number of carbonyl (C=O) groups is 4. The first-order valence-corrected chi connectivity index (χ1v) is 12.4. The van der Waals surface area contributed by atoms with Gasteiger partial charge in [0.2, 0.25) is 0 Å². The predicted molar refractivity (Wildman–Crippen MR) is 147 cm³/mol. The number of amides is 4. The molecule has 2 N–H and O–H groups in total. The maximum Gasteiger partial charge on any atom is 0.282 e. The van der Waals surface area contributed by atoms with Gasteiger partial charge in [0.1, 0.15) is 11.1 Å². The van der Waals surface area contributed by atoms with Gasteiger partial charge in [0.25, 0.3) is 23.6 Å². The van der Waals surface area contributed by atoms with Crippen LogP contribution in [-0.2, 0) is 19.2 Å². The molecule has 0 aromatic heterocycles. The van der Waals surface area contributed by atoms with Gasteiger partial charge in [-0.25, -0.2) is 10.0 Å². The Kier molecular flexibility index (Phi) is 6.90. The molecule has 4 amide bonds. The van der Waals surface area contributed by atoms with E-state index in [9.17, 15) is 19.2 Å². The molecule has 0 atom stereocenters. The Morgan fingerprint density at radius 3 is 1.24 bits per heavy atom. The smallest absolute Gasteiger partial charge is 0.267 e. The lowest BCUT2D eigenvalue weighted by Crippen LogP contribution is -2.35. The second-order valence-electron chi connectivity index (χ2n) is 8.14. The maximum absolute atomic E-state index is 12.9. The molecular weight excluding hydrogens is 574 g/mol. The van der Waals surface area contributed by atoms with Crippen LogP contribution in [0.3, 0.4) is 0 Å². The normalized spacial score (nSPS) is 17.6. The summed E-state index contributed by atoms with van der Waals surface area (Å²) >= 11 is 23.9. The van der Waals surface area contributed by atoms with E-state index in [0.29, 0.717) is 32.5 Å². The van der Waals surface area contributed by atoms with Gasteiger partial charge in [-0.2, -0.15) is 0 Å². The molecule has 0 radical (unpaired) electrons. The molecule has 38 heavy (non-hydrogen) atoms. The first kappa shape index (κ1) is 25.8. The van der Waals surface area contributed by atoms with Crippen molar-refractivity contribution in [2.24, 2.45) is 0 Å². The van der Waals surface area contributed by atoms with E-state index in [1.165, 1.54) is 36.4 Å². The first-order valence-electron chi connectivity index (χ1n) is 10.9. The average Bonchev–Trinajstić information content (AvgIpc) is 3.33. The highest BCUT2D eigenvalue weighted by atomic mass is 35.5. The number of hydrazine groups is 2. The number of halogens is 4. The van der Waals surface area contributed by atoms with Crippen LogP contribution in [0.15, 0.2) is 71.8 Å². The van der Waals surface area contributed by atoms with Crippen molar-refractivity contribution < 1.29 is 19.2 Å². The van der Waals surface area contributed by atoms with Crippen molar-refractivity contribution >= 4 is 93.6 Å². The second kappa shape index (κ2) is 10.2. The molecule has 8 nitrogen and oxygen atoms in total. The standard InChI is InChI=1S/C26H14Cl4N4O4/c27-19-7-5-15(11-21(19)29)33-25(37)17(23(35)31-33)9-13-1-2-14(4-3-13)10-18-24(36)32-34(26(18)38)16-6-8-20(28)22(30)12-16/h1-12H,(H,31,35)(H,32,36)/b17-9-,18-10-. The summed E-state index contributed by atoms with van der Waals surface area (Å²) < 4.78 is 0. The molecule has 190 valence electrons. The van der Waals surface area contributed by atoms with Crippen molar-refractivity contribution in [3.05, 3.63) is 103 Å². The fourth-order valence-corrected chi connectivity index (χ4v) is 4.33. The Morgan fingerprint density at radius 2 is 0.895 bits per heavy atom. The molecule has 2 aliphatic heterocycles. The Labute approximate surface area is 235 Å². The summed E-state index contributed by atoms with van der Waals surface area (Å²) in [6.45, 7) is 0. The van der Waals surface area contributed by atoms with Crippen molar-refractivity contribution in [3.8, 4) is 0 Å². The Balaban J connectivity index is 1.35. The van der Waals surface area contributed by atoms with Gasteiger partial charge in [0.05, 0.1) is 31.5 Å². The highest BCUT2D eigenvalue weighted by Crippen LogP contribution is 2.30. The summed E-state index contributed by atoms with van der Waals surface area (Å²) in [6.07, 6.45) is 2.87. The molecule has 0 bridgehead atoms. The topological polar surface area (TPSA) is 98.8 Å². The highest BCUT2D eigenvalue weighted by molar-refractivity contribution is 6.43. The summed E-state index contributed by atoms with van der Waals surface area (Å²) in [5.41, 5.74) is 6.66. The lowest BCUT2D eigenvalue weighted by atomic mass is 10.1. The van der Waals surface area contributed by atoms with Crippen LogP contribution in [0.5, 0.6) is 0 Å². The summed E-state index contributed by atoms with van der Waals surface area (Å²) in [7, 11) is 0. The summed E-state index contributed by atoms with van der Waals surface area (Å²) in [5, 5.41) is 3.28. The van der Waals surface area contributed by atoms with E-state index in [1.807, 2.05) is 0 Å². The van der Waals surface area contributed by atoms with Crippen molar-refractivity contribution in [2.75, 3.05) is 10.0 Å². The van der Waals surface area contributed by atoms with Crippen LogP contribution in [0.1, 0.15) is 11.1 Å². The average molecular weight is 588 g/mol. The summed E-state index contributed by atoms with van der Waals surface area (Å²) in [4.78, 5) is 50.7. The van der Waals surface area contributed by atoms with Crippen LogP contribution >= 0.6 is 46.4 Å². The third-order valence-electron chi connectivity index (χ3n) is 5.66. The Bertz CT molecular complexity index is 1480. The molecule has 0 spiro atoms. The van der Waals surface area contributed by atoms with Crippen LogP contribution < -0.4 is 20.9 Å². The van der Waals surface area contributed by atoms with E-state index >= 15 is 0 Å². The Hall–Kier alpha value is -3.82. The SMILES string of the molecule is O=C1NN(c2ccc(Cl)c(Cl)c2)C(=O)/C1=C\c1ccc(/C=C2/C(=O)NN(c3ccc(Cl)c(Cl)c3)C2=O)cc1. The molecule has 0 unspecified atom stereocenters. The van der Waals surface area contributed by atoms with Gasteiger partial charge >= 0.3 is 0 Å². The Morgan fingerprint density at radius 1 is 0.526 bits per heavy atom. The summed E-state index contributed by atoms with van der Waals surface area (Å²) in [5.74, 6) is -2.28. The predicted octanol–water partition coefficient (Wildman–Crippen LogP) is 5.22. The number of nitrogens with one attached hydrogen (secondary N) is 2. The molecule has 2 heterocycles. The van der Waals surface area contributed by atoms with E-state index in [0.717, 1.165) is 10.0 Å². The molecule has 3 aromatic carbocycles. The lowest BCUT2D eigenvalue weighted by molar-refractivity contribution is -0.118. The first-order chi connectivity index (χ1) is 18.1. The van der Waals surface area contributed by atoms with Gasteiger partial charge in [-0.15, -0.1) is 0 Å². The number of hydrogen-bond acceptors (Lipinski definition) is 4. The lowest BCUT2D eigenvalue weighted by Gasteiger charge is -2.15. The van der Waals surface area contributed by atoms with E-state index in [4.69, 9.17) is 46.4 Å². The van der Waals surface area contributed by atoms with E-state index < -0.39 is 23.6 Å². The molecule has 12 heteroatoms. The third kappa shape index (κ3) is 4.87. The molecule has 2 saturated heterocycles. The minimum Gasteiger partial charge on any atom is -0.267 e. The number of hydrogen-bond donors (Lipinski definition) is 2. The van der Waals surface area contributed by atoms with Crippen LogP contribution in [-0.4, -0.2) is 23.6 Å². The van der Waals surface area contributed by atoms with Gasteiger partial charge in [-0.1, -0.05) is 70.7 Å². The van der Waals surface area contributed by atoms with Crippen LogP contribution in [0.4, 0.5) is 11.4 Å². The number of anilines is 2. The summed E-state index contributed by atoms with van der Waals surface area (Å²) in [6, 6.07) is 15.7. The zero-order chi connectivity index (χ0) is 27.1. The molecule has 3 aromatic rings. The number of carbonyl (C=O) groups excluding carboxylic acids is 4. The van der Waals surface area contributed by atoms with Crippen molar-refractivity contribution in [1.29, 1.82) is 0 Å². The minimum absolute atomic E-state index is 0.0789. The number of nitrogens with zero attached hydrogens (tertiary/aromatic N) is 2. The molecule has 0 aliphatic carbocycles. The quantitative estimate of drug-likeness (QED) is 0.323. The minimum atomic E-state index is -0.581. The van der Waals surface area contributed by atoms with Crippen LogP contribution in [0.2, 0.25) is 20.1 Å². The monoisotopic (exact) mass is 586 g/mol. The molecule has 5 rings (SSSR count). The van der Waals surface area contributed by atoms with Crippen LogP contribution in [0, 0.1) is 0 Å². The number of benzene rings is 3. The van der Waals surface area contributed by atoms with Gasteiger partial charge in [0, 0.05) is 0 Å². The highest BCUT2D eigenvalue weighted by Gasteiger charge is 2.35. The van der Waals surface area contributed by atoms with Crippen LogP contribution in [0.25, 0.3) is 12.2 Å². The largest absolute Gasteiger partial charge is 0.282 e. The van der Waals surface area contributed by atoms with Gasteiger partial charge < -0.3 is 0 Å². The van der Waals surface area contributed by atoms with E-state index in [-0.39, 0.29) is 21.2 Å². The van der Waals surface area contributed by atoms with Crippen molar-refractivity contribution in [3.63, 3.8) is 0 Å². The van der Waals surface area contributed by atoms with Gasteiger partial charge in [0.15, 0.2) is 0 Å². The van der Waals surface area contributed by atoms with Crippen molar-refractivity contribution in [2.45, 2.75) is 0 Å². The van der Waals surface area contributed by atoms with Gasteiger partial charge in [-0.05, 0) is 59.7 Å². The molecular formula is C26H14Cl4N4O4. The zero-order valence-electron chi connectivity index (χ0n) is 19.0. The van der Waals surface area contributed by atoms with Gasteiger partial charge in [-0.3, -0.25) is 30.0 Å². The molecule has 2 fully saturated rings. The molecule has 0 saturated carbocycles. The number of rotatable bonds is 4. The fraction of sp³-hybridized carbons (Fsp3) is 0. The maximum atomic E-state index is 12.9.